The molecule has 2 rings (SSSR count). The number of halogens is 4. The molecule has 0 bridgehead atoms. The third kappa shape index (κ3) is 6.60. The Bertz CT molecular complexity index is 825. The van der Waals surface area contributed by atoms with E-state index in [0.717, 1.165) is 17.7 Å². The molecule has 0 spiro atoms. The van der Waals surface area contributed by atoms with Gasteiger partial charge in [-0.3, -0.25) is 9.59 Å². The standard InChI is InChI=1S/C19H18ClF3N2O2/c1-13(26)25(9-8-14-4-2-6-16(20)10-14)12-18(27)24-17-7-3-5-15(11-17)19(21,22)23/h2-7,10-11H,8-9,12H2,1H3,(H,24,27). The normalized spacial score (nSPS) is 11.1. The van der Waals surface area contributed by atoms with Crippen LogP contribution in [0.5, 0.6) is 0 Å². The average Bonchev–Trinajstić information content (AvgIpc) is 2.58. The summed E-state index contributed by atoms with van der Waals surface area (Å²) < 4.78 is 38.2. The van der Waals surface area contributed by atoms with E-state index in [1.807, 2.05) is 6.07 Å². The Labute approximate surface area is 159 Å². The molecule has 144 valence electrons. The van der Waals surface area contributed by atoms with Crippen LogP contribution in [0.4, 0.5) is 18.9 Å². The van der Waals surface area contributed by atoms with E-state index in [-0.39, 0.29) is 24.7 Å². The highest BCUT2D eigenvalue weighted by Gasteiger charge is 2.30. The molecule has 27 heavy (non-hydrogen) atoms. The van der Waals surface area contributed by atoms with E-state index in [2.05, 4.69) is 5.32 Å². The van der Waals surface area contributed by atoms with Crippen LogP contribution in [-0.2, 0) is 22.2 Å². The second kappa shape index (κ2) is 8.90. The van der Waals surface area contributed by atoms with Crippen LogP contribution < -0.4 is 5.32 Å². The maximum atomic E-state index is 12.7. The summed E-state index contributed by atoms with van der Waals surface area (Å²) in [5.74, 6) is -0.883. The molecule has 8 heteroatoms. The second-order valence-corrected chi connectivity index (χ2v) is 6.38. The van der Waals surface area contributed by atoms with Crippen LogP contribution in [0.3, 0.4) is 0 Å². The fraction of sp³-hybridized carbons (Fsp3) is 0.263. The Kier molecular flexibility index (Phi) is 6.85. The molecule has 0 aromatic heterocycles. The molecule has 0 aliphatic rings. The Morgan fingerprint density at radius 2 is 1.81 bits per heavy atom. The minimum atomic E-state index is -4.50. The molecule has 2 amide bonds. The van der Waals surface area contributed by atoms with Gasteiger partial charge in [-0.05, 0) is 42.3 Å². The molecule has 0 atom stereocenters. The summed E-state index contributed by atoms with van der Waals surface area (Å²) in [7, 11) is 0. The maximum absolute atomic E-state index is 12.7. The predicted molar refractivity (Wildman–Crippen MR) is 97.5 cm³/mol. The van der Waals surface area contributed by atoms with Gasteiger partial charge in [0.1, 0.15) is 0 Å². The lowest BCUT2D eigenvalue weighted by Crippen LogP contribution is -2.38. The van der Waals surface area contributed by atoms with Crippen LogP contribution in [0.15, 0.2) is 48.5 Å². The van der Waals surface area contributed by atoms with Crippen molar-refractivity contribution in [1.29, 1.82) is 0 Å². The lowest BCUT2D eigenvalue weighted by molar-refractivity contribution is -0.137. The predicted octanol–water partition coefficient (Wildman–Crippen LogP) is 4.39. The van der Waals surface area contributed by atoms with Crippen molar-refractivity contribution in [2.45, 2.75) is 19.5 Å². The van der Waals surface area contributed by atoms with Crippen molar-refractivity contribution in [3.05, 3.63) is 64.7 Å². The highest BCUT2D eigenvalue weighted by molar-refractivity contribution is 6.30. The fourth-order valence-corrected chi connectivity index (χ4v) is 2.66. The summed E-state index contributed by atoms with van der Waals surface area (Å²) in [6, 6.07) is 11.5. The monoisotopic (exact) mass is 398 g/mol. The van der Waals surface area contributed by atoms with Gasteiger partial charge in [0.05, 0.1) is 12.1 Å². The molecule has 0 heterocycles. The van der Waals surface area contributed by atoms with Crippen molar-refractivity contribution >= 4 is 29.1 Å². The summed E-state index contributed by atoms with van der Waals surface area (Å²) in [5.41, 5.74) is 0.0740. The number of alkyl halides is 3. The number of amides is 2. The highest BCUT2D eigenvalue weighted by Crippen LogP contribution is 2.30. The Balaban J connectivity index is 1.97. The number of hydrogen-bond acceptors (Lipinski definition) is 2. The molecule has 0 radical (unpaired) electrons. The van der Waals surface area contributed by atoms with Crippen LogP contribution in [0, 0.1) is 0 Å². The van der Waals surface area contributed by atoms with Gasteiger partial charge in [0.15, 0.2) is 0 Å². The molecular formula is C19H18ClF3N2O2. The largest absolute Gasteiger partial charge is 0.416 e. The first-order valence-electron chi connectivity index (χ1n) is 8.12. The third-order valence-electron chi connectivity index (χ3n) is 3.81. The zero-order chi connectivity index (χ0) is 20.0. The van der Waals surface area contributed by atoms with Gasteiger partial charge in [0.2, 0.25) is 11.8 Å². The van der Waals surface area contributed by atoms with Gasteiger partial charge in [0, 0.05) is 24.2 Å². The van der Waals surface area contributed by atoms with Gasteiger partial charge >= 0.3 is 6.18 Å². The number of nitrogens with zero attached hydrogens (tertiary/aromatic N) is 1. The number of carbonyl (C=O) groups excluding carboxylic acids is 2. The molecule has 0 unspecified atom stereocenters. The first-order chi connectivity index (χ1) is 12.6. The number of nitrogens with one attached hydrogen (secondary N) is 1. The number of rotatable bonds is 6. The van der Waals surface area contributed by atoms with Crippen molar-refractivity contribution in [3.63, 3.8) is 0 Å². The SMILES string of the molecule is CC(=O)N(CCc1cccc(Cl)c1)CC(=O)Nc1cccc(C(F)(F)F)c1. The molecule has 4 nitrogen and oxygen atoms in total. The fourth-order valence-electron chi connectivity index (χ4n) is 2.45. The van der Waals surface area contributed by atoms with Crippen LogP contribution >= 0.6 is 11.6 Å². The van der Waals surface area contributed by atoms with Crippen LogP contribution in [-0.4, -0.2) is 29.8 Å². The molecule has 0 fully saturated rings. The van der Waals surface area contributed by atoms with Gasteiger partial charge < -0.3 is 10.2 Å². The van der Waals surface area contributed by atoms with Crippen LogP contribution in [0.2, 0.25) is 5.02 Å². The smallest absolute Gasteiger partial charge is 0.333 e. The quantitative estimate of drug-likeness (QED) is 0.784. The van der Waals surface area contributed by atoms with Gasteiger partial charge in [-0.2, -0.15) is 13.2 Å². The second-order valence-electron chi connectivity index (χ2n) is 5.95. The highest BCUT2D eigenvalue weighted by atomic mass is 35.5. The minimum absolute atomic E-state index is 0.0215. The van der Waals surface area contributed by atoms with E-state index in [1.54, 1.807) is 18.2 Å². The first-order valence-corrected chi connectivity index (χ1v) is 8.50. The van der Waals surface area contributed by atoms with Crippen molar-refractivity contribution in [3.8, 4) is 0 Å². The Morgan fingerprint density at radius 1 is 1.11 bits per heavy atom. The zero-order valence-electron chi connectivity index (χ0n) is 14.5. The topological polar surface area (TPSA) is 49.4 Å². The Hall–Kier alpha value is -2.54. The van der Waals surface area contributed by atoms with Gasteiger partial charge in [-0.15, -0.1) is 0 Å². The molecule has 0 aliphatic heterocycles. The van der Waals surface area contributed by atoms with Crippen molar-refractivity contribution in [2.75, 3.05) is 18.4 Å². The molecule has 2 aromatic rings. The third-order valence-corrected chi connectivity index (χ3v) is 4.05. The molecular weight excluding hydrogens is 381 g/mol. The van der Waals surface area contributed by atoms with E-state index < -0.39 is 17.6 Å². The van der Waals surface area contributed by atoms with E-state index in [0.29, 0.717) is 11.4 Å². The lowest BCUT2D eigenvalue weighted by atomic mass is 10.1. The molecule has 1 N–H and O–H groups in total. The van der Waals surface area contributed by atoms with E-state index in [9.17, 15) is 22.8 Å². The molecule has 2 aromatic carbocycles. The number of hydrogen-bond donors (Lipinski definition) is 1. The van der Waals surface area contributed by atoms with E-state index in [1.165, 1.54) is 24.0 Å². The molecule has 0 saturated carbocycles. The summed E-state index contributed by atoms with van der Waals surface area (Å²) >= 11 is 5.92. The zero-order valence-corrected chi connectivity index (χ0v) is 15.3. The van der Waals surface area contributed by atoms with E-state index >= 15 is 0 Å². The molecule has 0 saturated heterocycles. The minimum Gasteiger partial charge on any atom is -0.333 e. The number of benzene rings is 2. The summed E-state index contributed by atoms with van der Waals surface area (Å²) in [6.45, 7) is 1.35. The van der Waals surface area contributed by atoms with Crippen molar-refractivity contribution in [2.24, 2.45) is 0 Å². The van der Waals surface area contributed by atoms with Gasteiger partial charge in [-0.25, -0.2) is 0 Å². The van der Waals surface area contributed by atoms with Crippen LogP contribution in [0.1, 0.15) is 18.1 Å². The average molecular weight is 399 g/mol. The van der Waals surface area contributed by atoms with Crippen LogP contribution in [0.25, 0.3) is 0 Å². The lowest BCUT2D eigenvalue weighted by Gasteiger charge is -2.21. The van der Waals surface area contributed by atoms with Gasteiger partial charge in [-0.1, -0.05) is 29.8 Å². The Morgan fingerprint density at radius 3 is 2.44 bits per heavy atom. The van der Waals surface area contributed by atoms with Crippen molar-refractivity contribution < 1.29 is 22.8 Å². The maximum Gasteiger partial charge on any atom is 0.416 e. The first kappa shape index (κ1) is 20.8. The summed E-state index contributed by atoms with van der Waals surface area (Å²) in [4.78, 5) is 25.2. The number of carbonyl (C=O) groups is 2. The van der Waals surface area contributed by atoms with Gasteiger partial charge in [0.25, 0.3) is 0 Å². The van der Waals surface area contributed by atoms with Crippen molar-refractivity contribution in [1.82, 2.24) is 4.90 Å². The van der Waals surface area contributed by atoms with E-state index in [4.69, 9.17) is 11.6 Å². The summed E-state index contributed by atoms with van der Waals surface area (Å²) in [6.07, 6.45) is -4.00. The number of anilines is 1. The summed E-state index contributed by atoms with van der Waals surface area (Å²) in [5, 5.41) is 2.97. The molecule has 0 aliphatic carbocycles.